The van der Waals surface area contributed by atoms with Crippen molar-refractivity contribution in [2.24, 2.45) is 0 Å². The van der Waals surface area contributed by atoms with Crippen LogP contribution in [0.25, 0.3) is 0 Å². The van der Waals surface area contributed by atoms with Gasteiger partial charge in [0.2, 0.25) is 0 Å². The fourth-order valence-electron chi connectivity index (χ4n) is 2.04. The van der Waals surface area contributed by atoms with Gasteiger partial charge in [-0.05, 0) is 37.5 Å². The summed E-state index contributed by atoms with van der Waals surface area (Å²) in [5, 5.41) is 3.36. The Balaban J connectivity index is 1.89. The second kappa shape index (κ2) is 5.47. The quantitative estimate of drug-likeness (QED) is 0.791. The van der Waals surface area contributed by atoms with E-state index in [0.29, 0.717) is 6.10 Å². The van der Waals surface area contributed by atoms with Crippen molar-refractivity contribution in [2.45, 2.75) is 31.9 Å². The summed E-state index contributed by atoms with van der Waals surface area (Å²) >= 11 is 0. The van der Waals surface area contributed by atoms with E-state index in [1.807, 2.05) is 13.0 Å². The normalized spacial score (nSPS) is 21.6. The van der Waals surface area contributed by atoms with Crippen molar-refractivity contribution in [2.75, 3.05) is 18.9 Å². The van der Waals surface area contributed by atoms with E-state index in [4.69, 9.17) is 10.5 Å². The number of rotatable bonds is 4. The molecule has 0 amide bonds. The first kappa shape index (κ1) is 12.3. The molecule has 0 radical (unpaired) electrons. The molecule has 3 nitrogen and oxygen atoms in total. The first-order valence-corrected chi connectivity index (χ1v) is 6.06. The number of benzene rings is 1. The van der Waals surface area contributed by atoms with Crippen molar-refractivity contribution in [1.29, 1.82) is 0 Å². The predicted molar refractivity (Wildman–Crippen MR) is 66.2 cm³/mol. The van der Waals surface area contributed by atoms with Crippen LogP contribution in [0.3, 0.4) is 0 Å². The zero-order valence-electron chi connectivity index (χ0n) is 10.1. The summed E-state index contributed by atoms with van der Waals surface area (Å²) < 4.78 is 18.8. The molecular weight excluding hydrogens is 219 g/mol. The maximum atomic E-state index is 13.3. The lowest BCUT2D eigenvalue weighted by atomic mass is 10.1. The van der Waals surface area contributed by atoms with Crippen molar-refractivity contribution >= 4 is 5.69 Å². The third-order valence-corrected chi connectivity index (χ3v) is 3.20. The lowest BCUT2D eigenvalue weighted by molar-refractivity contribution is 0.108. The van der Waals surface area contributed by atoms with Crippen LogP contribution in [-0.2, 0) is 4.74 Å². The topological polar surface area (TPSA) is 47.3 Å². The van der Waals surface area contributed by atoms with Crippen LogP contribution < -0.4 is 11.1 Å². The zero-order chi connectivity index (χ0) is 12.3. The Morgan fingerprint density at radius 1 is 1.59 bits per heavy atom. The van der Waals surface area contributed by atoms with E-state index in [-0.39, 0.29) is 17.5 Å². The molecular formula is C13H19FN2O. The Kier molecular flexibility index (Phi) is 3.97. The molecule has 0 aliphatic carbocycles. The summed E-state index contributed by atoms with van der Waals surface area (Å²) in [5.74, 6) is -0.353. The second-order valence-corrected chi connectivity index (χ2v) is 4.55. The third-order valence-electron chi connectivity index (χ3n) is 3.20. The Labute approximate surface area is 101 Å². The number of ether oxygens (including phenoxy) is 1. The molecule has 1 aromatic carbocycles. The van der Waals surface area contributed by atoms with E-state index in [1.54, 1.807) is 6.07 Å². The molecule has 3 N–H and O–H groups in total. The van der Waals surface area contributed by atoms with Gasteiger partial charge in [-0.15, -0.1) is 0 Å². The van der Waals surface area contributed by atoms with Gasteiger partial charge < -0.3 is 15.8 Å². The smallest absolute Gasteiger partial charge is 0.146 e. The molecule has 1 saturated heterocycles. The average molecular weight is 238 g/mol. The summed E-state index contributed by atoms with van der Waals surface area (Å²) in [6, 6.07) is 5.05. The molecule has 0 spiro atoms. The number of anilines is 1. The minimum Gasteiger partial charge on any atom is -0.396 e. The van der Waals surface area contributed by atoms with Gasteiger partial charge in [0.05, 0.1) is 11.8 Å². The molecule has 0 saturated carbocycles. The Hall–Kier alpha value is -1.13. The largest absolute Gasteiger partial charge is 0.396 e. The SMILES string of the molecule is C[C@H](NC[C@@H]1CCCO1)c1ccc(N)c(F)c1. The maximum absolute atomic E-state index is 13.3. The monoisotopic (exact) mass is 238 g/mol. The average Bonchev–Trinajstić information content (AvgIpc) is 2.82. The molecule has 1 aromatic rings. The van der Waals surface area contributed by atoms with E-state index < -0.39 is 0 Å². The van der Waals surface area contributed by atoms with E-state index >= 15 is 0 Å². The van der Waals surface area contributed by atoms with Gasteiger partial charge >= 0.3 is 0 Å². The van der Waals surface area contributed by atoms with Crippen LogP contribution in [0.4, 0.5) is 10.1 Å². The van der Waals surface area contributed by atoms with Gasteiger partial charge in [-0.1, -0.05) is 6.07 Å². The van der Waals surface area contributed by atoms with Crippen molar-refractivity contribution in [3.63, 3.8) is 0 Å². The third kappa shape index (κ3) is 3.17. The first-order valence-electron chi connectivity index (χ1n) is 6.06. The van der Waals surface area contributed by atoms with Crippen LogP contribution in [0.2, 0.25) is 0 Å². The summed E-state index contributed by atoms with van der Waals surface area (Å²) in [5.41, 5.74) is 6.55. The molecule has 1 fully saturated rings. The molecule has 1 aliphatic heterocycles. The summed E-state index contributed by atoms with van der Waals surface area (Å²) in [6.45, 7) is 3.68. The first-order chi connectivity index (χ1) is 8.16. The summed E-state index contributed by atoms with van der Waals surface area (Å²) in [7, 11) is 0. The molecule has 2 atom stereocenters. The number of nitrogens with one attached hydrogen (secondary N) is 1. The van der Waals surface area contributed by atoms with Gasteiger partial charge in [0, 0.05) is 19.2 Å². The molecule has 0 aromatic heterocycles. The minimum absolute atomic E-state index is 0.106. The molecule has 94 valence electrons. The van der Waals surface area contributed by atoms with E-state index in [0.717, 1.165) is 31.6 Å². The van der Waals surface area contributed by atoms with Crippen molar-refractivity contribution in [1.82, 2.24) is 5.32 Å². The fourth-order valence-corrected chi connectivity index (χ4v) is 2.04. The molecule has 1 aliphatic rings. The van der Waals surface area contributed by atoms with Gasteiger partial charge in [-0.25, -0.2) is 4.39 Å². The number of nitrogen functional groups attached to an aromatic ring is 1. The highest BCUT2D eigenvalue weighted by Crippen LogP contribution is 2.19. The van der Waals surface area contributed by atoms with Crippen LogP contribution in [0.15, 0.2) is 18.2 Å². The van der Waals surface area contributed by atoms with Crippen LogP contribution in [0, 0.1) is 5.82 Å². The molecule has 0 bridgehead atoms. The highest BCUT2D eigenvalue weighted by Gasteiger charge is 2.16. The van der Waals surface area contributed by atoms with E-state index in [2.05, 4.69) is 5.32 Å². The second-order valence-electron chi connectivity index (χ2n) is 4.55. The highest BCUT2D eigenvalue weighted by molar-refractivity contribution is 5.41. The van der Waals surface area contributed by atoms with Gasteiger partial charge in [0.15, 0.2) is 0 Å². The van der Waals surface area contributed by atoms with E-state index in [9.17, 15) is 4.39 Å². The lowest BCUT2D eigenvalue weighted by Gasteiger charge is -2.17. The Bertz CT molecular complexity index is 378. The number of nitrogens with two attached hydrogens (primary N) is 1. The Morgan fingerprint density at radius 3 is 3.06 bits per heavy atom. The van der Waals surface area contributed by atoms with Gasteiger partial charge in [0.25, 0.3) is 0 Å². The zero-order valence-corrected chi connectivity index (χ0v) is 10.1. The summed E-state index contributed by atoms with van der Waals surface area (Å²) in [4.78, 5) is 0. The van der Waals surface area contributed by atoms with Gasteiger partial charge in [-0.2, -0.15) is 0 Å². The predicted octanol–water partition coefficient (Wildman–Crippen LogP) is 2.24. The van der Waals surface area contributed by atoms with Crippen LogP contribution in [0.5, 0.6) is 0 Å². The van der Waals surface area contributed by atoms with Crippen LogP contribution in [0.1, 0.15) is 31.4 Å². The molecule has 17 heavy (non-hydrogen) atoms. The highest BCUT2D eigenvalue weighted by atomic mass is 19.1. The molecule has 0 unspecified atom stereocenters. The lowest BCUT2D eigenvalue weighted by Crippen LogP contribution is -2.28. The fraction of sp³-hybridized carbons (Fsp3) is 0.538. The number of hydrogen-bond donors (Lipinski definition) is 2. The van der Waals surface area contributed by atoms with Crippen molar-refractivity contribution < 1.29 is 9.13 Å². The molecule has 2 rings (SSSR count). The molecule has 4 heteroatoms. The van der Waals surface area contributed by atoms with Crippen molar-refractivity contribution in [3.8, 4) is 0 Å². The standard InChI is InChI=1S/C13H19FN2O/c1-9(16-8-11-3-2-6-17-11)10-4-5-13(15)12(14)7-10/h4-5,7,9,11,16H,2-3,6,8,15H2,1H3/t9-,11-/m0/s1. The molecule has 1 heterocycles. The van der Waals surface area contributed by atoms with Crippen LogP contribution >= 0.6 is 0 Å². The van der Waals surface area contributed by atoms with Gasteiger partial charge in [0.1, 0.15) is 5.82 Å². The Morgan fingerprint density at radius 2 is 2.41 bits per heavy atom. The van der Waals surface area contributed by atoms with Crippen molar-refractivity contribution in [3.05, 3.63) is 29.6 Å². The summed E-state index contributed by atoms with van der Waals surface area (Å²) in [6.07, 6.45) is 2.55. The maximum Gasteiger partial charge on any atom is 0.146 e. The van der Waals surface area contributed by atoms with Gasteiger partial charge in [-0.3, -0.25) is 0 Å². The van der Waals surface area contributed by atoms with E-state index in [1.165, 1.54) is 6.07 Å². The minimum atomic E-state index is -0.353. The number of hydrogen-bond acceptors (Lipinski definition) is 3. The number of halogens is 1. The van der Waals surface area contributed by atoms with Crippen LogP contribution in [-0.4, -0.2) is 19.3 Å².